The monoisotopic (exact) mass is 871 g/mol. The molecular formula is C42H72B2F8N4O4. The Morgan fingerprint density at radius 1 is 0.450 bits per heavy atom. The molecule has 0 aliphatic rings. The van der Waals surface area contributed by atoms with Gasteiger partial charge in [-0.15, -0.1) is 0 Å². The summed E-state index contributed by atoms with van der Waals surface area (Å²) in [7, 11) is -12.0. The molecular weight excluding hydrogens is 798 g/mol. The number of ether oxygens (including phenoxy) is 2. The van der Waals surface area contributed by atoms with Crippen LogP contribution >= 0.6 is 0 Å². The van der Waals surface area contributed by atoms with Gasteiger partial charge in [-0.3, -0.25) is 0 Å². The Balaban J connectivity index is 0.00000309. The lowest BCUT2D eigenvalue weighted by atomic mass is 10.1. The molecule has 2 rings (SSSR count). The summed E-state index contributed by atoms with van der Waals surface area (Å²) in [6.07, 6.45) is 46.1. The van der Waals surface area contributed by atoms with E-state index in [-0.39, 0.29) is 11.9 Å². The van der Waals surface area contributed by atoms with Crippen LogP contribution in [0.1, 0.15) is 154 Å². The molecule has 0 fully saturated rings. The van der Waals surface area contributed by atoms with Crippen LogP contribution in [0.2, 0.25) is 0 Å². The fraction of sp³-hybridized carbons (Fsp3) is 0.714. The van der Waals surface area contributed by atoms with Gasteiger partial charge in [-0.2, -0.15) is 0 Å². The molecule has 0 saturated heterocycles. The van der Waals surface area contributed by atoms with Crippen molar-refractivity contribution in [2.24, 2.45) is 0 Å². The van der Waals surface area contributed by atoms with Gasteiger partial charge in [-0.25, -0.2) is 27.9 Å². The summed E-state index contributed by atoms with van der Waals surface area (Å²) in [5.41, 5.74) is 0. The number of esters is 2. The number of nitrogens with zero attached hydrogens (tertiary/aromatic N) is 4. The third-order valence-electron chi connectivity index (χ3n) is 9.52. The number of unbranched alkanes of at least 4 members (excludes halogenated alkanes) is 21. The van der Waals surface area contributed by atoms with Crippen LogP contribution in [0.25, 0.3) is 0 Å². The van der Waals surface area contributed by atoms with Gasteiger partial charge in [0.15, 0.2) is 0 Å². The molecule has 0 atom stereocenters. The second kappa shape index (κ2) is 37.2. The average Bonchev–Trinajstić information content (AvgIpc) is 3.84. The van der Waals surface area contributed by atoms with Gasteiger partial charge in [0.2, 0.25) is 12.7 Å². The number of aromatic nitrogens is 4. The van der Waals surface area contributed by atoms with E-state index in [1.165, 1.54) is 141 Å². The Morgan fingerprint density at radius 2 is 0.700 bits per heavy atom. The zero-order chi connectivity index (χ0) is 44.7. The molecule has 346 valence electrons. The maximum atomic E-state index is 11.0. The van der Waals surface area contributed by atoms with Crippen LogP contribution in [0.15, 0.2) is 62.8 Å². The van der Waals surface area contributed by atoms with Crippen LogP contribution < -0.4 is 9.13 Å². The van der Waals surface area contributed by atoms with Crippen LogP contribution in [0.4, 0.5) is 34.5 Å². The Bertz CT molecular complexity index is 1250. The van der Waals surface area contributed by atoms with E-state index in [0.717, 1.165) is 51.9 Å². The molecule has 0 unspecified atom stereocenters. The molecule has 0 saturated carbocycles. The summed E-state index contributed by atoms with van der Waals surface area (Å²) in [5, 5.41) is 0. The van der Waals surface area contributed by atoms with Gasteiger partial charge in [0.1, 0.15) is 24.8 Å². The first-order valence-corrected chi connectivity index (χ1v) is 22.0. The minimum atomic E-state index is -6.00. The summed E-state index contributed by atoms with van der Waals surface area (Å²) >= 11 is 0. The van der Waals surface area contributed by atoms with Gasteiger partial charge in [0, 0.05) is 12.2 Å². The largest absolute Gasteiger partial charge is 0.673 e. The summed E-state index contributed by atoms with van der Waals surface area (Å²) < 4.78 is 97.5. The quantitative estimate of drug-likeness (QED) is 0.0173. The first-order chi connectivity index (χ1) is 28.6. The number of carbonyl (C=O) groups is 2. The molecule has 8 nitrogen and oxygen atoms in total. The molecule has 0 spiro atoms. The number of hydrogen-bond acceptors (Lipinski definition) is 4. The second-order valence-electron chi connectivity index (χ2n) is 15.0. The highest BCUT2D eigenvalue weighted by Gasteiger charge is 2.21. The van der Waals surface area contributed by atoms with Crippen LogP contribution in [0, 0.1) is 0 Å². The van der Waals surface area contributed by atoms with Crippen LogP contribution in [-0.4, -0.2) is 48.8 Å². The smallest absolute Gasteiger partial charge is 0.463 e. The maximum absolute atomic E-state index is 11.0. The van der Waals surface area contributed by atoms with E-state index in [1.54, 1.807) is 0 Å². The lowest BCUT2D eigenvalue weighted by molar-refractivity contribution is -0.697. The topological polar surface area (TPSA) is 70.2 Å². The molecule has 0 radical (unpaired) electrons. The van der Waals surface area contributed by atoms with Crippen molar-refractivity contribution in [3.63, 3.8) is 0 Å². The molecule has 0 aliphatic heterocycles. The Kier molecular flexibility index (Phi) is 35.0. The van der Waals surface area contributed by atoms with Gasteiger partial charge in [0.05, 0.1) is 39.4 Å². The highest BCUT2D eigenvalue weighted by molar-refractivity contribution is 6.50. The van der Waals surface area contributed by atoms with E-state index in [4.69, 9.17) is 9.47 Å². The zero-order valence-corrected chi connectivity index (χ0v) is 35.8. The molecule has 60 heavy (non-hydrogen) atoms. The normalized spacial score (nSPS) is 11.3. The van der Waals surface area contributed by atoms with Crippen molar-refractivity contribution in [1.29, 1.82) is 0 Å². The van der Waals surface area contributed by atoms with E-state index in [1.807, 2.05) is 0 Å². The summed E-state index contributed by atoms with van der Waals surface area (Å²) in [6, 6.07) is 0. The fourth-order valence-electron chi connectivity index (χ4n) is 6.43. The lowest BCUT2D eigenvalue weighted by Gasteiger charge is -2.03. The molecule has 0 aliphatic carbocycles. The zero-order valence-electron chi connectivity index (χ0n) is 35.8. The van der Waals surface area contributed by atoms with Crippen LogP contribution in [0.3, 0.4) is 0 Å². The third kappa shape index (κ3) is 44.0. The molecule has 0 bridgehead atoms. The third-order valence-corrected chi connectivity index (χ3v) is 9.52. The number of rotatable bonds is 35. The molecule has 0 N–H and O–H groups in total. The van der Waals surface area contributed by atoms with Crippen molar-refractivity contribution < 1.29 is 62.7 Å². The predicted molar refractivity (Wildman–Crippen MR) is 223 cm³/mol. The molecule has 18 heteroatoms. The lowest BCUT2D eigenvalue weighted by Crippen LogP contribution is -2.30. The second-order valence-corrected chi connectivity index (χ2v) is 15.0. The van der Waals surface area contributed by atoms with Crippen LogP contribution in [-0.2, 0) is 45.2 Å². The minimum absolute atomic E-state index is 0.313. The van der Waals surface area contributed by atoms with Gasteiger partial charge >= 0.3 is 26.4 Å². The maximum Gasteiger partial charge on any atom is 0.673 e. The van der Waals surface area contributed by atoms with Crippen LogP contribution in [0.5, 0.6) is 0 Å². The Morgan fingerprint density at radius 3 is 0.983 bits per heavy atom. The molecule has 2 aromatic rings. The van der Waals surface area contributed by atoms with Crippen molar-refractivity contribution in [1.82, 2.24) is 9.13 Å². The summed E-state index contributed by atoms with van der Waals surface area (Å²) in [4.78, 5) is 22.0. The van der Waals surface area contributed by atoms with Crippen molar-refractivity contribution in [2.75, 3.05) is 13.2 Å². The number of halogens is 8. The van der Waals surface area contributed by atoms with Gasteiger partial charge in [0.25, 0.3) is 0 Å². The first kappa shape index (κ1) is 56.4. The van der Waals surface area contributed by atoms with E-state index in [9.17, 15) is 44.1 Å². The number of imidazole rings is 2. The number of hydrogen-bond donors (Lipinski definition) is 0. The van der Waals surface area contributed by atoms with Crippen molar-refractivity contribution in [3.8, 4) is 0 Å². The van der Waals surface area contributed by atoms with Crippen molar-refractivity contribution >= 4 is 26.4 Å². The van der Waals surface area contributed by atoms with Gasteiger partial charge in [-0.1, -0.05) is 103 Å². The number of aryl methyl sites for hydroxylation is 4. The van der Waals surface area contributed by atoms with Crippen molar-refractivity contribution in [3.05, 3.63) is 62.8 Å². The fourth-order valence-corrected chi connectivity index (χ4v) is 6.43. The molecule has 0 amide bonds. The SMILES string of the molecule is C=CC(=O)OCCCCCCCCCCC[n+]1ccn(CCCCCCCCn2cc[n+](CCCCCCCCCCCOC(=O)C=C)c2)c1.F[B-](F)(F)F.F[B-](F)(F)F. The molecule has 2 heterocycles. The highest BCUT2D eigenvalue weighted by atomic mass is 19.5. The van der Waals surface area contributed by atoms with Gasteiger partial charge < -0.3 is 44.0 Å². The van der Waals surface area contributed by atoms with E-state index in [0.29, 0.717) is 13.2 Å². The predicted octanol–water partition coefficient (Wildman–Crippen LogP) is 12.0. The Labute approximate surface area is 354 Å². The van der Waals surface area contributed by atoms with E-state index >= 15 is 0 Å². The molecule has 2 aromatic heterocycles. The Hall–Kier alpha value is -3.59. The average molecular weight is 871 g/mol. The highest BCUT2D eigenvalue weighted by Crippen LogP contribution is 2.12. The number of carbonyl (C=O) groups excluding carboxylic acids is 2. The van der Waals surface area contributed by atoms with Gasteiger partial charge in [-0.05, 0) is 64.2 Å². The summed E-state index contributed by atoms with van der Waals surface area (Å²) in [6.45, 7) is 12.4. The minimum Gasteiger partial charge on any atom is -0.463 e. The summed E-state index contributed by atoms with van der Waals surface area (Å²) in [5.74, 6) is -0.626. The van der Waals surface area contributed by atoms with E-state index < -0.39 is 14.5 Å². The van der Waals surface area contributed by atoms with E-state index in [2.05, 4.69) is 68.9 Å². The standard InChI is InChI=1S/C42H72N4O4.2BF4/c1-3-41(47)49-37-27-21-15-9-5-7-11-17-23-29-43-33-35-45(39-43)31-25-19-13-14-20-26-32-46-36-34-44(40-46)30-24-18-12-8-6-10-16-22-28-38-50-42(48)4-2;2*2-1(3,4)5/h3-4,33-36,39-40H,1-2,5-32,37-38H2;;/q+2;2*-1. The van der Waals surface area contributed by atoms with Crippen molar-refractivity contribution in [2.45, 2.75) is 180 Å². The first-order valence-electron chi connectivity index (χ1n) is 22.0. The molecule has 0 aromatic carbocycles.